The van der Waals surface area contributed by atoms with Crippen LogP contribution in [0, 0.1) is 11.8 Å². The lowest BCUT2D eigenvalue weighted by atomic mass is 9.79. The van der Waals surface area contributed by atoms with E-state index in [1.807, 2.05) is 12.1 Å². The predicted octanol–water partition coefficient (Wildman–Crippen LogP) is 6.12. The first-order chi connectivity index (χ1) is 9.36. The maximum Gasteiger partial charge on any atom is 0.391 e. The van der Waals surface area contributed by atoms with Gasteiger partial charge in [0.1, 0.15) is 0 Å². The Bertz CT molecular complexity index is 420. The lowest BCUT2D eigenvalue weighted by Crippen LogP contribution is -2.30. The van der Waals surface area contributed by atoms with Crippen LogP contribution < -0.4 is 0 Å². The van der Waals surface area contributed by atoms with E-state index >= 15 is 0 Å². The number of halogens is 5. The van der Waals surface area contributed by atoms with Crippen LogP contribution in [0.15, 0.2) is 28.7 Å². The summed E-state index contributed by atoms with van der Waals surface area (Å²) in [6, 6.07) is 8.10. The molecule has 1 atom stereocenters. The molecule has 0 saturated heterocycles. The SMILES string of the molecule is FC(F)(F)C1CCC(C(Br)Cc2ccc(Br)cc2)CC1. The molecule has 0 heterocycles. The molecule has 0 N–H and O–H groups in total. The van der Waals surface area contributed by atoms with E-state index in [1.54, 1.807) is 0 Å². The maximum atomic E-state index is 12.6. The number of hydrogen-bond donors (Lipinski definition) is 0. The zero-order chi connectivity index (χ0) is 14.8. The summed E-state index contributed by atoms with van der Waals surface area (Å²) >= 11 is 7.07. The molecule has 0 aliphatic heterocycles. The minimum Gasteiger partial charge on any atom is -0.171 e. The molecule has 1 fully saturated rings. The molecule has 0 nitrogen and oxygen atoms in total. The van der Waals surface area contributed by atoms with Crippen molar-refractivity contribution in [1.82, 2.24) is 0 Å². The molecule has 1 unspecified atom stereocenters. The van der Waals surface area contributed by atoms with Gasteiger partial charge < -0.3 is 0 Å². The molecule has 0 aromatic heterocycles. The van der Waals surface area contributed by atoms with Gasteiger partial charge in [0.15, 0.2) is 0 Å². The van der Waals surface area contributed by atoms with Crippen molar-refractivity contribution in [2.24, 2.45) is 11.8 Å². The van der Waals surface area contributed by atoms with Gasteiger partial charge in [0, 0.05) is 9.30 Å². The molecule has 1 saturated carbocycles. The minimum atomic E-state index is -4.02. The fraction of sp³-hybridized carbons (Fsp3) is 0.600. The summed E-state index contributed by atoms with van der Waals surface area (Å²) in [7, 11) is 0. The summed E-state index contributed by atoms with van der Waals surface area (Å²) < 4.78 is 39.0. The predicted molar refractivity (Wildman–Crippen MR) is 82.1 cm³/mol. The van der Waals surface area contributed by atoms with Gasteiger partial charge in [0.25, 0.3) is 0 Å². The van der Waals surface area contributed by atoms with E-state index in [4.69, 9.17) is 0 Å². The highest BCUT2D eigenvalue weighted by Gasteiger charge is 2.42. The van der Waals surface area contributed by atoms with Crippen LogP contribution in [0.2, 0.25) is 0 Å². The minimum absolute atomic E-state index is 0.262. The summed E-state index contributed by atoms with van der Waals surface area (Å²) in [5.74, 6) is -0.747. The Labute approximate surface area is 134 Å². The molecule has 1 aliphatic carbocycles. The Kier molecular flexibility index (Phi) is 5.57. The first kappa shape index (κ1) is 16.3. The van der Waals surface area contributed by atoms with E-state index in [9.17, 15) is 13.2 Å². The number of alkyl halides is 4. The molecule has 5 heteroatoms. The van der Waals surface area contributed by atoms with Crippen LogP contribution in [0.4, 0.5) is 13.2 Å². The smallest absolute Gasteiger partial charge is 0.171 e. The van der Waals surface area contributed by atoms with Crippen LogP contribution in [0.25, 0.3) is 0 Å². The van der Waals surface area contributed by atoms with Gasteiger partial charge in [-0.25, -0.2) is 0 Å². The molecule has 112 valence electrons. The Morgan fingerprint density at radius 1 is 1.05 bits per heavy atom. The quantitative estimate of drug-likeness (QED) is 0.523. The Balaban J connectivity index is 1.85. The second-order valence-electron chi connectivity index (χ2n) is 5.50. The fourth-order valence-corrected chi connectivity index (χ4v) is 3.99. The number of rotatable bonds is 3. The number of benzene rings is 1. The lowest BCUT2D eigenvalue weighted by molar-refractivity contribution is -0.183. The van der Waals surface area contributed by atoms with Gasteiger partial charge in [-0.15, -0.1) is 0 Å². The van der Waals surface area contributed by atoms with Crippen molar-refractivity contribution in [2.75, 3.05) is 0 Å². The molecular weight excluding hydrogens is 397 g/mol. The lowest BCUT2D eigenvalue weighted by Gasteiger charge is -2.32. The number of hydrogen-bond acceptors (Lipinski definition) is 0. The van der Waals surface area contributed by atoms with E-state index in [0.717, 1.165) is 10.9 Å². The molecule has 0 radical (unpaired) electrons. The van der Waals surface area contributed by atoms with Gasteiger partial charge in [-0.2, -0.15) is 13.2 Å². The third kappa shape index (κ3) is 4.48. The average molecular weight is 414 g/mol. The monoisotopic (exact) mass is 412 g/mol. The third-order valence-corrected chi connectivity index (χ3v) is 5.69. The van der Waals surface area contributed by atoms with Crippen molar-refractivity contribution < 1.29 is 13.2 Å². The van der Waals surface area contributed by atoms with Gasteiger partial charge in [-0.05, 0) is 55.7 Å². The van der Waals surface area contributed by atoms with Crippen molar-refractivity contribution in [1.29, 1.82) is 0 Å². The van der Waals surface area contributed by atoms with Crippen molar-refractivity contribution in [3.05, 3.63) is 34.3 Å². The maximum absolute atomic E-state index is 12.6. The third-order valence-electron chi connectivity index (χ3n) is 4.09. The van der Waals surface area contributed by atoms with Crippen LogP contribution in [0.1, 0.15) is 31.2 Å². The Morgan fingerprint density at radius 2 is 1.60 bits per heavy atom. The van der Waals surface area contributed by atoms with Crippen LogP contribution >= 0.6 is 31.9 Å². The van der Waals surface area contributed by atoms with Crippen molar-refractivity contribution in [3.63, 3.8) is 0 Å². The van der Waals surface area contributed by atoms with Crippen LogP contribution in [-0.4, -0.2) is 11.0 Å². The zero-order valence-corrected chi connectivity index (χ0v) is 14.1. The molecule has 0 spiro atoms. The Hall–Kier alpha value is -0.0300. The second-order valence-corrected chi connectivity index (χ2v) is 7.59. The Morgan fingerprint density at radius 3 is 2.10 bits per heavy atom. The summed E-state index contributed by atoms with van der Waals surface area (Å²) in [5.41, 5.74) is 1.22. The molecule has 1 aromatic carbocycles. The molecule has 1 aromatic rings. The van der Waals surface area contributed by atoms with Gasteiger partial charge in [-0.3, -0.25) is 0 Å². The fourth-order valence-electron chi connectivity index (χ4n) is 2.82. The van der Waals surface area contributed by atoms with Crippen molar-refractivity contribution in [2.45, 2.75) is 43.1 Å². The van der Waals surface area contributed by atoms with Gasteiger partial charge in [0.05, 0.1) is 5.92 Å². The molecule has 0 bridgehead atoms. The highest BCUT2D eigenvalue weighted by Crippen LogP contribution is 2.42. The first-order valence-corrected chi connectivity index (χ1v) is 8.52. The molecule has 0 amide bonds. The van der Waals surface area contributed by atoms with Gasteiger partial charge >= 0.3 is 6.18 Å². The molecule has 20 heavy (non-hydrogen) atoms. The molecule has 2 rings (SSSR count). The summed E-state index contributed by atoms with van der Waals surface area (Å²) in [5, 5.41) is 0. The highest BCUT2D eigenvalue weighted by atomic mass is 79.9. The standard InChI is InChI=1S/C15H17Br2F3/c16-13-7-1-10(2-8-13)9-14(17)11-3-5-12(6-4-11)15(18,19)20/h1-2,7-8,11-12,14H,3-6,9H2. The normalized spacial score (nSPS) is 25.4. The first-order valence-electron chi connectivity index (χ1n) is 6.81. The van der Waals surface area contributed by atoms with Crippen LogP contribution in [-0.2, 0) is 6.42 Å². The highest BCUT2D eigenvalue weighted by molar-refractivity contribution is 9.10. The van der Waals surface area contributed by atoms with Gasteiger partial charge in [0.2, 0.25) is 0 Å². The van der Waals surface area contributed by atoms with Crippen LogP contribution in [0.5, 0.6) is 0 Å². The largest absolute Gasteiger partial charge is 0.391 e. The van der Waals surface area contributed by atoms with Crippen molar-refractivity contribution in [3.8, 4) is 0 Å². The summed E-state index contributed by atoms with van der Waals surface area (Å²) in [6.45, 7) is 0. The van der Waals surface area contributed by atoms with E-state index < -0.39 is 12.1 Å². The summed E-state index contributed by atoms with van der Waals surface area (Å²) in [4.78, 5) is 0.262. The average Bonchev–Trinajstić information content (AvgIpc) is 2.40. The van der Waals surface area contributed by atoms with E-state index in [2.05, 4.69) is 44.0 Å². The summed E-state index contributed by atoms with van der Waals surface area (Å²) in [6.07, 6.45) is -1.27. The van der Waals surface area contributed by atoms with Crippen molar-refractivity contribution >= 4 is 31.9 Å². The van der Waals surface area contributed by atoms with Crippen LogP contribution in [0.3, 0.4) is 0 Å². The van der Waals surface area contributed by atoms with Gasteiger partial charge in [-0.1, -0.05) is 44.0 Å². The zero-order valence-electron chi connectivity index (χ0n) is 11.0. The second kappa shape index (κ2) is 6.82. The molecular formula is C15H17Br2F3. The van der Waals surface area contributed by atoms with E-state index in [1.165, 1.54) is 5.56 Å². The van der Waals surface area contributed by atoms with E-state index in [0.29, 0.717) is 18.8 Å². The van der Waals surface area contributed by atoms with E-state index in [-0.39, 0.29) is 17.7 Å². The molecule has 1 aliphatic rings. The topological polar surface area (TPSA) is 0 Å².